The van der Waals surface area contributed by atoms with Gasteiger partial charge in [0.15, 0.2) is 0 Å². The minimum Gasteiger partial charge on any atom is -0.481 e. The van der Waals surface area contributed by atoms with Crippen molar-refractivity contribution in [1.29, 1.82) is 0 Å². The highest BCUT2D eigenvalue weighted by Gasteiger charge is 2.30. The van der Waals surface area contributed by atoms with Crippen LogP contribution in [0.15, 0.2) is 36.4 Å². The van der Waals surface area contributed by atoms with Gasteiger partial charge in [-0.2, -0.15) is 0 Å². The van der Waals surface area contributed by atoms with E-state index >= 15 is 0 Å². The summed E-state index contributed by atoms with van der Waals surface area (Å²) in [4.78, 5) is 27.8. The SMILES string of the molecule is Cc1cc(C)cc(-c2[nH]c3ccc(C(C)(C)C(=O)O)cc3c2C(C)CNC(=O)OC(C)(C)C)c1. The van der Waals surface area contributed by atoms with Crippen LogP contribution in [0.4, 0.5) is 4.79 Å². The van der Waals surface area contributed by atoms with Gasteiger partial charge in [-0.25, -0.2) is 4.79 Å². The fraction of sp³-hybridized carbons (Fsp3) is 0.429. The van der Waals surface area contributed by atoms with E-state index in [2.05, 4.69) is 49.3 Å². The normalized spacial score (nSPS) is 13.1. The molecule has 1 amide bonds. The van der Waals surface area contributed by atoms with Crippen molar-refractivity contribution in [3.63, 3.8) is 0 Å². The first kappa shape index (κ1) is 25.3. The summed E-state index contributed by atoms with van der Waals surface area (Å²) in [5.74, 6) is -0.932. The van der Waals surface area contributed by atoms with Gasteiger partial charge in [-0.1, -0.05) is 30.2 Å². The van der Waals surface area contributed by atoms with Crippen molar-refractivity contribution in [2.75, 3.05) is 6.54 Å². The molecule has 1 heterocycles. The minimum absolute atomic E-state index is 0.0553. The maximum absolute atomic E-state index is 12.3. The average molecular weight is 465 g/mol. The van der Waals surface area contributed by atoms with E-state index in [9.17, 15) is 14.7 Å². The standard InChI is InChI=1S/C28H36N2O4/c1-16-11-17(2)13-19(12-16)24-23(18(3)15-29-26(33)34-27(4,5)6)21-14-20(9-10-22(21)30-24)28(7,8)25(31)32/h9-14,18,30H,15H2,1-8H3,(H,29,33)(H,31,32). The van der Waals surface area contributed by atoms with Crippen LogP contribution in [0.2, 0.25) is 0 Å². The number of alkyl carbamates (subject to hydrolysis) is 1. The molecule has 0 bridgehead atoms. The van der Waals surface area contributed by atoms with Gasteiger partial charge in [0.2, 0.25) is 0 Å². The molecular formula is C28H36N2O4. The number of benzene rings is 2. The van der Waals surface area contributed by atoms with E-state index in [1.165, 1.54) is 0 Å². The summed E-state index contributed by atoms with van der Waals surface area (Å²) in [6, 6.07) is 12.2. The van der Waals surface area contributed by atoms with Gasteiger partial charge in [-0.3, -0.25) is 4.79 Å². The van der Waals surface area contributed by atoms with Crippen LogP contribution in [0.5, 0.6) is 0 Å². The molecule has 2 aromatic carbocycles. The van der Waals surface area contributed by atoms with Gasteiger partial charge in [0.1, 0.15) is 5.60 Å². The third-order valence-corrected chi connectivity index (χ3v) is 6.05. The fourth-order valence-corrected chi connectivity index (χ4v) is 4.24. The zero-order chi connectivity index (χ0) is 25.4. The van der Waals surface area contributed by atoms with Gasteiger partial charge in [0.05, 0.1) is 11.1 Å². The first-order valence-electron chi connectivity index (χ1n) is 11.6. The second-order valence-electron chi connectivity index (χ2n) is 10.8. The molecule has 0 spiro atoms. The summed E-state index contributed by atoms with van der Waals surface area (Å²) >= 11 is 0. The Bertz CT molecular complexity index is 1210. The number of fused-ring (bicyclic) bond motifs is 1. The molecular weight excluding hydrogens is 428 g/mol. The van der Waals surface area contributed by atoms with Crippen LogP contribution in [0, 0.1) is 13.8 Å². The molecule has 0 aliphatic rings. The minimum atomic E-state index is -1.03. The Morgan fingerprint density at radius 1 is 1.03 bits per heavy atom. The van der Waals surface area contributed by atoms with Gasteiger partial charge in [-0.15, -0.1) is 0 Å². The van der Waals surface area contributed by atoms with Crippen molar-refractivity contribution >= 4 is 23.0 Å². The molecule has 3 aromatic rings. The van der Waals surface area contributed by atoms with Gasteiger partial charge >= 0.3 is 12.1 Å². The van der Waals surface area contributed by atoms with Crippen molar-refractivity contribution in [3.8, 4) is 11.3 Å². The van der Waals surface area contributed by atoms with Crippen molar-refractivity contribution < 1.29 is 19.4 Å². The molecule has 1 atom stereocenters. The van der Waals surface area contributed by atoms with Gasteiger partial charge in [0, 0.05) is 23.4 Å². The number of rotatable bonds is 6. The molecule has 182 valence electrons. The Balaban J connectivity index is 2.12. The lowest BCUT2D eigenvalue weighted by molar-refractivity contribution is -0.142. The molecule has 0 saturated carbocycles. The first-order valence-corrected chi connectivity index (χ1v) is 11.6. The van der Waals surface area contributed by atoms with Crippen LogP contribution in [-0.4, -0.2) is 34.3 Å². The summed E-state index contributed by atoms with van der Waals surface area (Å²) < 4.78 is 5.41. The predicted octanol–water partition coefficient (Wildman–Crippen LogP) is 6.44. The lowest BCUT2D eigenvalue weighted by Crippen LogP contribution is -2.34. The Morgan fingerprint density at radius 3 is 2.21 bits per heavy atom. The highest BCUT2D eigenvalue weighted by Crippen LogP contribution is 2.38. The van der Waals surface area contributed by atoms with E-state index in [1.54, 1.807) is 13.8 Å². The van der Waals surface area contributed by atoms with Crippen molar-refractivity contribution in [3.05, 3.63) is 58.7 Å². The number of amides is 1. The summed E-state index contributed by atoms with van der Waals surface area (Å²) in [6.45, 7) is 15.5. The Kier molecular flexibility index (Phi) is 6.83. The zero-order valence-corrected chi connectivity index (χ0v) is 21.4. The number of carboxylic acids is 1. The lowest BCUT2D eigenvalue weighted by Gasteiger charge is -2.22. The summed E-state index contributed by atoms with van der Waals surface area (Å²) in [7, 11) is 0. The van der Waals surface area contributed by atoms with E-state index in [0.717, 1.165) is 44.4 Å². The van der Waals surface area contributed by atoms with Crippen molar-refractivity contribution in [1.82, 2.24) is 10.3 Å². The molecule has 1 unspecified atom stereocenters. The van der Waals surface area contributed by atoms with E-state index < -0.39 is 23.1 Å². The topological polar surface area (TPSA) is 91.4 Å². The largest absolute Gasteiger partial charge is 0.481 e. The molecule has 0 fully saturated rings. The van der Waals surface area contributed by atoms with Gasteiger partial charge < -0.3 is 20.1 Å². The third-order valence-electron chi connectivity index (χ3n) is 6.05. The molecule has 6 nitrogen and oxygen atoms in total. The summed E-state index contributed by atoms with van der Waals surface area (Å²) in [5.41, 5.74) is 5.46. The van der Waals surface area contributed by atoms with Crippen molar-refractivity contribution in [2.45, 2.75) is 72.3 Å². The third kappa shape index (κ3) is 5.44. The molecule has 6 heteroatoms. The number of hydrogen-bond acceptors (Lipinski definition) is 3. The second-order valence-corrected chi connectivity index (χ2v) is 10.8. The molecule has 0 radical (unpaired) electrons. The van der Waals surface area contributed by atoms with Crippen LogP contribution in [0.25, 0.3) is 22.2 Å². The number of carboxylic acid groups (broad SMARTS) is 1. The van der Waals surface area contributed by atoms with Crippen LogP contribution >= 0.6 is 0 Å². The number of aryl methyl sites for hydroxylation is 2. The molecule has 0 aliphatic heterocycles. The summed E-state index contributed by atoms with van der Waals surface area (Å²) in [6.07, 6.45) is -0.458. The van der Waals surface area contributed by atoms with Gasteiger partial charge in [-0.05, 0) is 89.4 Å². The second kappa shape index (κ2) is 9.16. The van der Waals surface area contributed by atoms with Crippen LogP contribution in [-0.2, 0) is 14.9 Å². The monoisotopic (exact) mass is 464 g/mol. The van der Waals surface area contributed by atoms with Crippen LogP contribution < -0.4 is 5.32 Å². The average Bonchev–Trinajstić information content (AvgIpc) is 3.08. The Morgan fingerprint density at radius 2 is 1.65 bits per heavy atom. The maximum atomic E-state index is 12.3. The quantitative estimate of drug-likeness (QED) is 0.391. The molecule has 1 aromatic heterocycles. The van der Waals surface area contributed by atoms with E-state index in [4.69, 9.17) is 4.74 Å². The van der Waals surface area contributed by atoms with E-state index in [0.29, 0.717) is 6.54 Å². The highest BCUT2D eigenvalue weighted by atomic mass is 16.6. The predicted molar refractivity (Wildman–Crippen MR) is 137 cm³/mol. The van der Waals surface area contributed by atoms with Gasteiger partial charge in [0.25, 0.3) is 0 Å². The number of H-pyrrole nitrogens is 1. The van der Waals surface area contributed by atoms with Crippen LogP contribution in [0.3, 0.4) is 0 Å². The number of aromatic nitrogens is 1. The van der Waals surface area contributed by atoms with Crippen LogP contribution in [0.1, 0.15) is 69.7 Å². The number of ether oxygens (including phenoxy) is 1. The number of hydrogen-bond donors (Lipinski definition) is 3. The Hall–Kier alpha value is -3.28. The smallest absolute Gasteiger partial charge is 0.407 e. The molecule has 3 N–H and O–H groups in total. The van der Waals surface area contributed by atoms with E-state index in [-0.39, 0.29) is 5.92 Å². The number of carbonyl (C=O) groups is 2. The highest BCUT2D eigenvalue weighted by molar-refractivity contribution is 5.93. The molecule has 34 heavy (non-hydrogen) atoms. The number of carbonyl (C=O) groups excluding carboxylic acids is 1. The lowest BCUT2D eigenvalue weighted by atomic mass is 9.83. The number of aliphatic carboxylic acids is 1. The van der Waals surface area contributed by atoms with Crippen molar-refractivity contribution in [2.24, 2.45) is 0 Å². The number of nitrogens with one attached hydrogen (secondary N) is 2. The maximum Gasteiger partial charge on any atom is 0.407 e. The Labute approximate surface area is 201 Å². The summed E-state index contributed by atoms with van der Waals surface area (Å²) in [5, 5.41) is 13.6. The fourth-order valence-electron chi connectivity index (χ4n) is 4.24. The molecule has 3 rings (SSSR count). The molecule has 0 aliphatic carbocycles. The molecule has 0 saturated heterocycles. The zero-order valence-electron chi connectivity index (χ0n) is 21.4. The number of aromatic amines is 1. The first-order chi connectivity index (χ1) is 15.7. The van der Waals surface area contributed by atoms with E-state index in [1.807, 2.05) is 39.0 Å².